The molecule has 2 N–H and O–H groups in total. The summed E-state index contributed by atoms with van der Waals surface area (Å²) in [6.07, 6.45) is 2.52. The number of nitrogens with two attached hydrogens (primary N) is 1. The molecule has 0 radical (unpaired) electrons. The van der Waals surface area contributed by atoms with Gasteiger partial charge in [-0.3, -0.25) is 0 Å². The molecule has 0 amide bonds. The molecule has 4 heteroatoms. The van der Waals surface area contributed by atoms with E-state index in [1.54, 1.807) is 0 Å². The van der Waals surface area contributed by atoms with Gasteiger partial charge in [-0.25, -0.2) is 4.68 Å². The van der Waals surface area contributed by atoms with Gasteiger partial charge < -0.3 is 5.73 Å². The highest BCUT2D eigenvalue weighted by Crippen LogP contribution is 2.40. The zero-order valence-corrected chi connectivity index (χ0v) is 7.32. The molecule has 1 aromatic rings. The third kappa shape index (κ3) is 1.12. The quantitative estimate of drug-likeness (QED) is 0.716. The molecular weight excluding hydrogens is 152 g/mol. The van der Waals surface area contributed by atoms with Crippen LogP contribution in [0.25, 0.3) is 0 Å². The summed E-state index contributed by atoms with van der Waals surface area (Å²) >= 11 is 0. The number of aryl methyl sites for hydroxylation is 1. The second-order valence-electron chi connectivity index (χ2n) is 3.22. The second kappa shape index (κ2) is 2.86. The zero-order chi connectivity index (χ0) is 8.55. The molecule has 1 heterocycles. The van der Waals surface area contributed by atoms with Crippen molar-refractivity contribution in [1.29, 1.82) is 0 Å². The molecule has 0 spiro atoms. The number of hydrogen-bond acceptors (Lipinski definition) is 3. The van der Waals surface area contributed by atoms with Gasteiger partial charge in [-0.05, 0) is 19.8 Å². The van der Waals surface area contributed by atoms with Crippen molar-refractivity contribution in [3.8, 4) is 0 Å². The van der Waals surface area contributed by atoms with E-state index in [9.17, 15) is 0 Å². The molecule has 12 heavy (non-hydrogen) atoms. The fourth-order valence-corrected chi connectivity index (χ4v) is 1.48. The first kappa shape index (κ1) is 7.73. The highest BCUT2D eigenvalue weighted by Gasteiger charge is 2.29. The van der Waals surface area contributed by atoms with Gasteiger partial charge in [0.25, 0.3) is 0 Å². The number of nitrogens with zero attached hydrogens (tertiary/aromatic N) is 3. The molecule has 1 saturated carbocycles. The van der Waals surface area contributed by atoms with E-state index >= 15 is 0 Å². The van der Waals surface area contributed by atoms with Crippen molar-refractivity contribution in [3.63, 3.8) is 0 Å². The molecule has 0 saturated heterocycles. The van der Waals surface area contributed by atoms with Crippen LogP contribution in [0, 0.1) is 0 Å². The summed E-state index contributed by atoms with van der Waals surface area (Å²) in [5.41, 5.74) is 7.90. The Morgan fingerprint density at radius 3 is 2.83 bits per heavy atom. The molecule has 1 aliphatic carbocycles. The van der Waals surface area contributed by atoms with Crippen molar-refractivity contribution in [1.82, 2.24) is 15.0 Å². The third-order valence-corrected chi connectivity index (χ3v) is 2.32. The summed E-state index contributed by atoms with van der Waals surface area (Å²) in [4.78, 5) is 0. The maximum Gasteiger partial charge on any atom is 0.0903 e. The number of hydrogen-bond donors (Lipinski definition) is 1. The molecule has 0 atom stereocenters. The third-order valence-electron chi connectivity index (χ3n) is 2.32. The van der Waals surface area contributed by atoms with Gasteiger partial charge in [0.15, 0.2) is 0 Å². The normalized spacial score (nSPS) is 16.8. The molecule has 0 unspecified atom stereocenters. The Bertz CT molecular complexity index is 275. The summed E-state index contributed by atoms with van der Waals surface area (Å²) < 4.78 is 1.90. The van der Waals surface area contributed by atoms with Crippen LogP contribution in [-0.2, 0) is 13.1 Å². The number of aromatic nitrogens is 3. The van der Waals surface area contributed by atoms with Gasteiger partial charge in [0.1, 0.15) is 0 Å². The molecule has 1 fully saturated rings. The molecular formula is C8H14N4. The first-order valence-corrected chi connectivity index (χ1v) is 4.49. The standard InChI is InChI=1S/C8H14N4/c1-2-12-7(5-9)8(10-11-12)6-3-4-6/h6H,2-5,9H2,1H3. The van der Waals surface area contributed by atoms with E-state index in [0.29, 0.717) is 12.5 Å². The zero-order valence-electron chi connectivity index (χ0n) is 7.32. The smallest absolute Gasteiger partial charge is 0.0903 e. The summed E-state index contributed by atoms with van der Waals surface area (Å²) in [7, 11) is 0. The van der Waals surface area contributed by atoms with Crippen molar-refractivity contribution in [2.75, 3.05) is 0 Å². The van der Waals surface area contributed by atoms with Crippen LogP contribution in [0.15, 0.2) is 0 Å². The lowest BCUT2D eigenvalue weighted by molar-refractivity contribution is 0.598. The minimum atomic E-state index is 0.562. The van der Waals surface area contributed by atoms with Crippen molar-refractivity contribution in [2.45, 2.75) is 38.8 Å². The van der Waals surface area contributed by atoms with Gasteiger partial charge in [-0.2, -0.15) is 0 Å². The minimum absolute atomic E-state index is 0.562. The Balaban J connectivity index is 2.33. The number of rotatable bonds is 3. The van der Waals surface area contributed by atoms with Gasteiger partial charge in [0, 0.05) is 19.0 Å². The molecule has 0 aliphatic heterocycles. The topological polar surface area (TPSA) is 56.7 Å². The maximum atomic E-state index is 5.64. The SMILES string of the molecule is CCn1nnc(C2CC2)c1CN. The average Bonchev–Trinajstić information content (AvgIpc) is 2.85. The van der Waals surface area contributed by atoms with Crippen molar-refractivity contribution in [2.24, 2.45) is 5.73 Å². The lowest BCUT2D eigenvalue weighted by Gasteiger charge is -2.00. The van der Waals surface area contributed by atoms with Gasteiger partial charge in [-0.1, -0.05) is 5.21 Å². The minimum Gasteiger partial charge on any atom is -0.325 e. The molecule has 0 aromatic carbocycles. The van der Waals surface area contributed by atoms with E-state index in [0.717, 1.165) is 17.9 Å². The molecule has 66 valence electrons. The first-order chi connectivity index (χ1) is 5.86. The lowest BCUT2D eigenvalue weighted by atomic mass is 10.2. The fraction of sp³-hybridized carbons (Fsp3) is 0.750. The highest BCUT2D eigenvalue weighted by molar-refractivity contribution is 5.19. The van der Waals surface area contributed by atoms with Crippen LogP contribution in [-0.4, -0.2) is 15.0 Å². The van der Waals surface area contributed by atoms with Gasteiger partial charge in [0.2, 0.25) is 0 Å². The van der Waals surface area contributed by atoms with Gasteiger partial charge in [-0.15, -0.1) is 5.10 Å². The Kier molecular flexibility index (Phi) is 1.84. The van der Waals surface area contributed by atoms with Crippen LogP contribution in [0.1, 0.15) is 37.1 Å². The Labute approximate surface area is 71.8 Å². The van der Waals surface area contributed by atoms with Crippen molar-refractivity contribution < 1.29 is 0 Å². The van der Waals surface area contributed by atoms with E-state index in [1.165, 1.54) is 12.8 Å². The Hall–Kier alpha value is -0.900. The summed E-state index contributed by atoms with van der Waals surface area (Å²) in [5, 5.41) is 8.21. The summed E-state index contributed by atoms with van der Waals surface area (Å²) in [5.74, 6) is 0.656. The molecule has 0 bridgehead atoms. The van der Waals surface area contributed by atoms with E-state index < -0.39 is 0 Å². The fourth-order valence-electron chi connectivity index (χ4n) is 1.48. The summed E-state index contributed by atoms with van der Waals surface area (Å²) in [6, 6.07) is 0. The molecule has 1 aromatic heterocycles. The van der Waals surface area contributed by atoms with Gasteiger partial charge >= 0.3 is 0 Å². The maximum absolute atomic E-state index is 5.64. The van der Waals surface area contributed by atoms with Gasteiger partial charge in [0.05, 0.1) is 11.4 Å². The molecule has 1 aliphatic rings. The Morgan fingerprint density at radius 1 is 1.58 bits per heavy atom. The van der Waals surface area contributed by atoms with E-state index in [-0.39, 0.29) is 0 Å². The predicted octanol–water partition coefficient (Wildman–Crippen LogP) is 0.634. The molecule has 4 nitrogen and oxygen atoms in total. The second-order valence-corrected chi connectivity index (χ2v) is 3.22. The lowest BCUT2D eigenvalue weighted by Crippen LogP contribution is -2.08. The summed E-state index contributed by atoms with van der Waals surface area (Å²) in [6.45, 7) is 3.49. The predicted molar refractivity (Wildman–Crippen MR) is 45.6 cm³/mol. The van der Waals surface area contributed by atoms with Crippen molar-refractivity contribution in [3.05, 3.63) is 11.4 Å². The monoisotopic (exact) mass is 166 g/mol. The van der Waals surface area contributed by atoms with E-state index in [4.69, 9.17) is 5.73 Å². The molecule has 2 rings (SSSR count). The first-order valence-electron chi connectivity index (χ1n) is 4.49. The largest absolute Gasteiger partial charge is 0.325 e. The average molecular weight is 166 g/mol. The van der Waals surface area contributed by atoms with E-state index in [1.807, 2.05) is 4.68 Å². The Morgan fingerprint density at radius 2 is 2.33 bits per heavy atom. The van der Waals surface area contributed by atoms with Crippen LogP contribution in [0.4, 0.5) is 0 Å². The van der Waals surface area contributed by atoms with Crippen LogP contribution >= 0.6 is 0 Å². The van der Waals surface area contributed by atoms with Crippen LogP contribution in [0.3, 0.4) is 0 Å². The van der Waals surface area contributed by atoms with E-state index in [2.05, 4.69) is 17.2 Å². The van der Waals surface area contributed by atoms with Crippen LogP contribution in [0.5, 0.6) is 0 Å². The van der Waals surface area contributed by atoms with Crippen LogP contribution < -0.4 is 5.73 Å². The van der Waals surface area contributed by atoms with Crippen molar-refractivity contribution >= 4 is 0 Å². The van der Waals surface area contributed by atoms with Crippen LogP contribution in [0.2, 0.25) is 0 Å². The highest BCUT2D eigenvalue weighted by atomic mass is 15.4.